The summed E-state index contributed by atoms with van der Waals surface area (Å²) in [5, 5.41) is 2.71. The smallest absolute Gasteiger partial charge is 0.338 e. The summed E-state index contributed by atoms with van der Waals surface area (Å²) in [6.45, 7) is -0.386. The van der Waals surface area contributed by atoms with Crippen LogP contribution in [0.15, 0.2) is 83.8 Å². The molecule has 1 amide bonds. The fourth-order valence-electron chi connectivity index (χ4n) is 2.40. The van der Waals surface area contributed by atoms with E-state index in [1.807, 2.05) is 54.8 Å². The topological polar surface area (TPSA) is 64.6 Å². The number of anilines is 1. The van der Waals surface area contributed by atoms with E-state index in [0.717, 1.165) is 4.90 Å². The van der Waals surface area contributed by atoms with Gasteiger partial charge in [0.25, 0.3) is 5.91 Å². The first-order chi connectivity index (χ1) is 13.7. The Balaban J connectivity index is 1.58. The molecule has 0 aliphatic rings. The van der Waals surface area contributed by atoms with Crippen LogP contribution in [0.4, 0.5) is 5.69 Å². The molecule has 3 aromatic rings. The van der Waals surface area contributed by atoms with Crippen molar-refractivity contribution in [2.24, 2.45) is 0 Å². The fourth-order valence-corrected chi connectivity index (χ4v) is 2.81. The molecule has 3 rings (SSSR count). The molecule has 0 bridgehead atoms. The van der Waals surface area contributed by atoms with E-state index in [1.54, 1.807) is 42.1 Å². The highest BCUT2D eigenvalue weighted by Gasteiger charge is 2.12. The van der Waals surface area contributed by atoms with Gasteiger partial charge in [-0.3, -0.25) is 4.79 Å². The Morgan fingerprint density at radius 3 is 2.29 bits per heavy atom. The lowest BCUT2D eigenvalue weighted by molar-refractivity contribution is -0.119. The molecule has 0 saturated carbocycles. The number of rotatable bonds is 7. The van der Waals surface area contributed by atoms with Crippen molar-refractivity contribution in [1.29, 1.82) is 0 Å². The minimum absolute atomic E-state index is 0.386. The van der Waals surface area contributed by atoms with Crippen LogP contribution >= 0.6 is 11.8 Å². The molecule has 6 heteroatoms. The number of ether oxygens (including phenoxy) is 2. The second-order valence-electron chi connectivity index (χ2n) is 5.76. The van der Waals surface area contributed by atoms with Gasteiger partial charge in [0.05, 0.1) is 11.3 Å². The van der Waals surface area contributed by atoms with E-state index in [-0.39, 0.29) is 6.61 Å². The lowest BCUT2D eigenvalue weighted by Gasteiger charge is -2.12. The van der Waals surface area contributed by atoms with Gasteiger partial charge in [-0.15, -0.1) is 11.8 Å². The van der Waals surface area contributed by atoms with Crippen molar-refractivity contribution in [3.05, 3.63) is 84.4 Å². The van der Waals surface area contributed by atoms with Crippen molar-refractivity contribution in [3.63, 3.8) is 0 Å². The van der Waals surface area contributed by atoms with Crippen LogP contribution in [0, 0.1) is 0 Å². The van der Waals surface area contributed by atoms with Crippen LogP contribution in [0.2, 0.25) is 0 Å². The molecule has 0 spiro atoms. The van der Waals surface area contributed by atoms with Crippen molar-refractivity contribution >= 4 is 29.3 Å². The molecule has 0 radical (unpaired) electrons. The number of hydrogen-bond acceptors (Lipinski definition) is 5. The van der Waals surface area contributed by atoms with Gasteiger partial charge in [0.1, 0.15) is 5.75 Å². The van der Waals surface area contributed by atoms with Crippen LogP contribution in [-0.4, -0.2) is 24.7 Å². The predicted molar refractivity (Wildman–Crippen MR) is 110 cm³/mol. The summed E-state index contributed by atoms with van der Waals surface area (Å²) in [6.07, 6.45) is 1.96. The zero-order valence-electron chi connectivity index (χ0n) is 15.3. The number of amides is 1. The molecule has 1 N–H and O–H groups in total. The maximum Gasteiger partial charge on any atom is 0.338 e. The molecule has 0 fully saturated rings. The fraction of sp³-hybridized carbons (Fsp3) is 0.0909. The predicted octanol–water partition coefficient (Wildman–Crippen LogP) is 5.00. The maximum atomic E-state index is 12.2. The highest BCUT2D eigenvalue weighted by molar-refractivity contribution is 7.98. The molecule has 0 aromatic heterocycles. The molecule has 0 heterocycles. The third-order valence-electron chi connectivity index (χ3n) is 3.79. The number of para-hydroxylation sites is 3. The Bertz CT molecular complexity index is 942. The first-order valence-corrected chi connectivity index (χ1v) is 9.81. The van der Waals surface area contributed by atoms with E-state index in [0.29, 0.717) is 22.7 Å². The maximum absolute atomic E-state index is 12.2. The molecule has 0 atom stereocenters. The molecule has 0 aliphatic heterocycles. The molecule has 0 saturated heterocycles. The van der Waals surface area contributed by atoms with Gasteiger partial charge in [-0.05, 0) is 54.8 Å². The molecule has 5 nitrogen and oxygen atoms in total. The lowest BCUT2D eigenvalue weighted by Crippen LogP contribution is -2.21. The van der Waals surface area contributed by atoms with Crippen LogP contribution in [0.1, 0.15) is 10.4 Å². The molecular formula is C22H19NO4S. The van der Waals surface area contributed by atoms with Crippen molar-refractivity contribution in [2.75, 3.05) is 18.2 Å². The van der Waals surface area contributed by atoms with E-state index in [2.05, 4.69) is 5.32 Å². The van der Waals surface area contributed by atoms with Crippen LogP contribution in [0.3, 0.4) is 0 Å². The zero-order valence-corrected chi connectivity index (χ0v) is 16.1. The zero-order chi connectivity index (χ0) is 19.8. The molecule has 142 valence electrons. The van der Waals surface area contributed by atoms with Gasteiger partial charge in [-0.25, -0.2) is 4.79 Å². The normalized spacial score (nSPS) is 10.2. The number of nitrogens with one attached hydrogen (secondary N) is 1. The summed E-state index contributed by atoms with van der Waals surface area (Å²) < 4.78 is 10.9. The van der Waals surface area contributed by atoms with Gasteiger partial charge in [-0.2, -0.15) is 0 Å². The second-order valence-corrected chi connectivity index (χ2v) is 6.64. The van der Waals surface area contributed by atoms with Crippen LogP contribution in [0.25, 0.3) is 0 Å². The van der Waals surface area contributed by atoms with Gasteiger partial charge < -0.3 is 14.8 Å². The molecule has 0 aliphatic carbocycles. The van der Waals surface area contributed by atoms with Gasteiger partial charge in [0.2, 0.25) is 0 Å². The highest BCUT2D eigenvalue weighted by atomic mass is 32.2. The summed E-state index contributed by atoms with van der Waals surface area (Å²) in [5.41, 5.74) is 0.898. The van der Waals surface area contributed by atoms with Gasteiger partial charge in [0.15, 0.2) is 12.4 Å². The van der Waals surface area contributed by atoms with Gasteiger partial charge in [0, 0.05) is 4.90 Å². The van der Waals surface area contributed by atoms with E-state index < -0.39 is 11.9 Å². The minimum Gasteiger partial charge on any atom is -0.455 e. The molecular weight excluding hydrogens is 374 g/mol. The minimum atomic E-state index is -0.545. The molecule has 0 unspecified atom stereocenters. The number of carbonyl (C=O) groups is 2. The largest absolute Gasteiger partial charge is 0.455 e. The van der Waals surface area contributed by atoms with E-state index in [9.17, 15) is 9.59 Å². The number of carbonyl (C=O) groups excluding carboxylic acids is 2. The summed E-state index contributed by atoms with van der Waals surface area (Å²) in [6, 6.07) is 23.3. The average Bonchev–Trinajstić information content (AvgIpc) is 2.74. The van der Waals surface area contributed by atoms with Crippen LogP contribution < -0.4 is 10.1 Å². The Morgan fingerprint density at radius 1 is 0.893 bits per heavy atom. The standard InChI is InChI=1S/C22H19NO4S/c1-28-18-13-11-16(12-14-18)22(25)26-15-21(24)23-19-9-5-6-10-20(19)27-17-7-3-2-4-8-17/h2-14H,15H2,1H3,(H,23,24). The lowest BCUT2D eigenvalue weighted by atomic mass is 10.2. The SMILES string of the molecule is CSc1ccc(C(=O)OCC(=O)Nc2ccccc2Oc2ccccc2)cc1. The van der Waals surface area contributed by atoms with Crippen molar-refractivity contribution in [2.45, 2.75) is 4.90 Å². The number of esters is 1. The summed E-state index contributed by atoms with van der Waals surface area (Å²) in [7, 11) is 0. The number of benzene rings is 3. The summed E-state index contributed by atoms with van der Waals surface area (Å²) >= 11 is 1.58. The Morgan fingerprint density at radius 2 is 1.57 bits per heavy atom. The van der Waals surface area contributed by atoms with Crippen LogP contribution in [0.5, 0.6) is 11.5 Å². The van der Waals surface area contributed by atoms with Crippen molar-refractivity contribution in [3.8, 4) is 11.5 Å². The third-order valence-corrected chi connectivity index (χ3v) is 4.54. The Kier molecular flexibility index (Phi) is 6.70. The summed E-state index contributed by atoms with van der Waals surface area (Å²) in [5.74, 6) is 0.167. The second kappa shape index (κ2) is 9.62. The quantitative estimate of drug-likeness (QED) is 0.452. The number of hydrogen-bond donors (Lipinski definition) is 1. The number of thioether (sulfide) groups is 1. The van der Waals surface area contributed by atoms with Gasteiger partial charge >= 0.3 is 5.97 Å². The van der Waals surface area contributed by atoms with Crippen molar-refractivity contribution < 1.29 is 19.1 Å². The van der Waals surface area contributed by atoms with E-state index in [1.165, 1.54) is 0 Å². The third kappa shape index (κ3) is 5.37. The highest BCUT2D eigenvalue weighted by Crippen LogP contribution is 2.29. The Hall–Kier alpha value is -3.25. The van der Waals surface area contributed by atoms with E-state index in [4.69, 9.17) is 9.47 Å². The Labute approximate surface area is 167 Å². The molecule has 3 aromatic carbocycles. The van der Waals surface area contributed by atoms with Crippen LogP contribution in [-0.2, 0) is 9.53 Å². The van der Waals surface area contributed by atoms with Crippen molar-refractivity contribution in [1.82, 2.24) is 0 Å². The monoisotopic (exact) mass is 393 g/mol. The van der Waals surface area contributed by atoms with E-state index >= 15 is 0 Å². The molecule has 28 heavy (non-hydrogen) atoms. The average molecular weight is 393 g/mol. The summed E-state index contributed by atoms with van der Waals surface area (Å²) in [4.78, 5) is 25.3. The first-order valence-electron chi connectivity index (χ1n) is 8.58. The first kappa shape index (κ1) is 19.5. The van der Waals surface area contributed by atoms with Gasteiger partial charge in [-0.1, -0.05) is 30.3 Å².